The van der Waals surface area contributed by atoms with Gasteiger partial charge in [-0.2, -0.15) is 0 Å². The molecule has 2 aromatic rings. The molecular formula is C14H13NO3. The second-order valence-electron chi connectivity index (χ2n) is 3.74. The molecule has 2 aromatic carbocycles. The van der Waals surface area contributed by atoms with Crippen LogP contribution < -0.4 is 0 Å². The van der Waals surface area contributed by atoms with Gasteiger partial charge in [-0.25, -0.2) is 0 Å². The van der Waals surface area contributed by atoms with E-state index in [9.17, 15) is 5.11 Å². The molecule has 0 heterocycles. The first-order valence-corrected chi connectivity index (χ1v) is 5.47. The van der Waals surface area contributed by atoms with Crippen molar-refractivity contribution in [2.45, 2.75) is 6.61 Å². The summed E-state index contributed by atoms with van der Waals surface area (Å²) in [6.07, 6.45) is 1.47. The minimum absolute atomic E-state index is 0.155. The molecule has 0 saturated carbocycles. The molecule has 0 bridgehead atoms. The lowest BCUT2D eigenvalue weighted by molar-refractivity contribution is 0.132. The first kappa shape index (κ1) is 12.0. The number of nitrogens with zero attached hydrogens (tertiary/aromatic N) is 1. The first-order valence-electron chi connectivity index (χ1n) is 5.47. The molecule has 0 radical (unpaired) electrons. The van der Waals surface area contributed by atoms with E-state index in [4.69, 9.17) is 9.94 Å². The molecule has 92 valence electrons. The SMILES string of the molecule is Oc1ccc(/C=N/OCc2ccccc2)cc1O. The highest BCUT2D eigenvalue weighted by atomic mass is 16.6. The predicted octanol–water partition coefficient (Wildman–Crippen LogP) is 2.65. The summed E-state index contributed by atoms with van der Waals surface area (Å²) in [7, 11) is 0. The van der Waals surface area contributed by atoms with Crippen molar-refractivity contribution in [3.05, 3.63) is 59.7 Å². The number of phenols is 2. The third-order valence-corrected chi connectivity index (χ3v) is 2.35. The summed E-state index contributed by atoms with van der Waals surface area (Å²) < 4.78 is 0. The van der Waals surface area contributed by atoms with E-state index >= 15 is 0 Å². The summed E-state index contributed by atoms with van der Waals surface area (Å²) in [6.45, 7) is 0.390. The molecule has 0 spiro atoms. The van der Waals surface area contributed by atoms with Crippen LogP contribution in [0.2, 0.25) is 0 Å². The minimum Gasteiger partial charge on any atom is -0.504 e. The zero-order chi connectivity index (χ0) is 12.8. The van der Waals surface area contributed by atoms with Crippen LogP contribution in [0.5, 0.6) is 11.5 Å². The summed E-state index contributed by atoms with van der Waals surface area (Å²) in [5, 5.41) is 22.2. The molecule has 0 aliphatic carbocycles. The van der Waals surface area contributed by atoms with Crippen molar-refractivity contribution in [2.24, 2.45) is 5.16 Å². The fourth-order valence-electron chi connectivity index (χ4n) is 1.40. The minimum atomic E-state index is -0.179. The molecule has 0 unspecified atom stereocenters. The maximum Gasteiger partial charge on any atom is 0.158 e. The van der Waals surface area contributed by atoms with Crippen LogP contribution in [-0.2, 0) is 11.4 Å². The number of phenolic OH excluding ortho intramolecular Hbond substituents is 2. The van der Waals surface area contributed by atoms with Crippen molar-refractivity contribution < 1.29 is 15.1 Å². The van der Waals surface area contributed by atoms with Crippen LogP contribution in [0, 0.1) is 0 Å². The largest absolute Gasteiger partial charge is 0.504 e. The molecule has 18 heavy (non-hydrogen) atoms. The number of hydrogen-bond donors (Lipinski definition) is 2. The van der Waals surface area contributed by atoms with Crippen molar-refractivity contribution in [1.82, 2.24) is 0 Å². The molecule has 4 heteroatoms. The Labute approximate surface area is 105 Å². The van der Waals surface area contributed by atoms with Crippen molar-refractivity contribution in [2.75, 3.05) is 0 Å². The van der Waals surface area contributed by atoms with Crippen molar-refractivity contribution in [3.8, 4) is 11.5 Å². The van der Waals surface area contributed by atoms with Gasteiger partial charge >= 0.3 is 0 Å². The molecule has 0 saturated heterocycles. The smallest absolute Gasteiger partial charge is 0.158 e. The summed E-state index contributed by atoms with van der Waals surface area (Å²) >= 11 is 0. The zero-order valence-corrected chi connectivity index (χ0v) is 9.65. The monoisotopic (exact) mass is 243 g/mol. The molecule has 0 aliphatic heterocycles. The second-order valence-corrected chi connectivity index (χ2v) is 3.74. The number of rotatable bonds is 4. The molecule has 2 rings (SSSR count). The fourth-order valence-corrected chi connectivity index (χ4v) is 1.40. The standard InChI is InChI=1S/C14H13NO3/c16-13-7-6-12(8-14(13)17)9-15-18-10-11-4-2-1-3-5-11/h1-9,16-17H,10H2/b15-9+. The number of oxime groups is 1. The molecule has 2 N–H and O–H groups in total. The number of aromatic hydroxyl groups is 2. The van der Waals surface area contributed by atoms with Gasteiger partial charge in [0.15, 0.2) is 11.5 Å². The van der Waals surface area contributed by atoms with Gasteiger partial charge in [0, 0.05) is 0 Å². The highest BCUT2D eigenvalue weighted by Crippen LogP contribution is 2.23. The van der Waals surface area contributed by atoms with Gasteiger partial charge < -0.3 is 15.1 Å². The van der Waals surface area contributed by atoms with Crippen LogP contribution >= 0.6 is 0 Å². The Balaban J connectivity index is 1.90. The van der Waals surface area contributed by atoms with Gasteiger partial charge in [0.1, 0.15) is 6.61 Å². The van der Waals surface area contributed by atoms with Crippen LogP contribution in [0.15, 0.2) is 53.7 Å². The predicted molar refractivity (Wildman–Crippen MR) is 68.6 cm³/mol. The van der Waals surface area contributed by atoms with Crippen LogP contribution in [0.1, 0.15) is 11.1 Å². The summed E-state index contributed by atoms with van der Waals surface area (Å²) in [5.74, 6) is -0.334. The van der Waals surface area contributed by atoms with Gasteiger partial charge in [0.25, 0.3) is 0 Å². The van der Waals surface area contributed by atoms with E-state index < -0.39 is 0 Å². The Morgan fingerprint density at radius 2 is 1.78 bits per heavy atom. The van der Waals surface area contributed by atoms with E-state index in [0.717, 1.165) is 5.56 Å². The molecule has 0 atom stereocenters. The molecule has 0 amide bonds. The van der Waals surface area contributed by atoms with E-state index in [0.29, 0.717) is 12.2 Å². The number of benzene rings is 2. The fraction of sp³-hybridized carbons (Fsp3) is 0.0714. The lowest BCUT2D eigenvalue weighted by Crippen LogP contribution is -1.87. The van der Waals surface area contributed by atoms with E-state index in [1.54, 1.807) is 6.07 Å². The van der Waals surface area contributed by atoms with Gasteiger partial charge in [0.2, 0.25) is 0 Å². The Morgan fingerprint density at radius 3 is 2.50 bits per heavy atom. The van der Waals surface area contributed by atoms with Gasteiger partial charge in [-0.3, -0.25) is 0 Å². The highest BCUT2D eigenvalue weighted by molar-refractivity contribution is 5.80. The first-order chi connectivity index (χ1) is 8.75. The average Bonchev–Trinajstić information content (AvgIpc) is 2.40. The maximum absolute atomic E-state index is 9.28. The van der Waals surface area contributed by atoms with Gasteiger partial charge in [-0.15, -0.1) is 0 Å². The molecular weight excluding hydrogens is 230 g/mol. The van der Waals surface area contributed by atoms with Gasteiger partial charge in [0.05, 0.1) is 6.21 Å². The third-order valence-electron chi connectivity index (χ3n) is 2.35. The Kier molecular flexibility index (Phi) is 3.81. The maximum atomic E-state index is 9.28. The van der Waals surface area contributed by atoms with Crippen LogP contribution in [0.25, 0.3) is 0 Å². The van der Waals surface area contributed by atoms with Crippen molar-refractivity contribution in [1.29, 1.82) is 0 Å². The van der Waals surface area contributed by atoms with E-state index in [1.165, 1.54) is 18.3 Å². The normalized spacial score (nSPS) is 10.7. The molecule has 0 aliphatic rings. The van der Waals surface area contributed by atoms with Crippen LogP contribution in [0.4, 0.5) is 0 Å². The van der Waals surface area contributed by atoms with Crippen molar-refractivity contribution >= 4 is 6.21 Å². The Hall–Kier alpha value is -2.49. The molecule has 0 aromatic heterocycles. The highest BCUT2D eigenvalue weighted by Gasteiger charge is 1.98. The van der Waals surface area contributed by atoms with Crippen molar-refractivity contribution in [3.63, 3.8) is 0 Å². The lowest BCUT2D eigenvalue weighted by atomic mass is 10.2. The molecule has 0 fully saturated rings. The quantitative estimate of drug-likeness (QED) is 0.493. The Bertz CT molecular complexity index is 538. The van der Waals surface area contributed by atoms with Crippen LogP contribution in [-0.4, -0.2) is 16.4 Å². The molecule has 4 nitrogen and oxygen atoms in total. The topological polar surface area (TPSA) is 62.1 Å². The van der Waals surface area contributed by atoms with E-state index in [1.807, 2.05) is 30.3 Å². The Morgan fingerprint density at radius 1 is 1.00 bits per heavy atom. The van der Waals surface area contributed by atoms with E-state index in [-0.39, 0.29) is 11.5 Å². The van der Waals surface area contributed by atoms with Crippen LogP contribution in [0.3, 0.4) is 0 Å². The van der Waals surface area contributed by atoms with Gasteiger partial charge in [-0.1, -0.05) is 35.5 Å². The lowest BCUT2D eigenvalue weighted by Gasteiger charge is -2.00. The van der Waals surface area contributed by atoms with E-state index in [2.05, 4.69) is 5.16 Å². The zero-order valence-electron chi connectivity index (χ0n) is 9.65. The third kappa shape index (κ3) is 3.25. The average molecular weight is 243 g/mol. The summed E-state index contributed by atoms with van der Waals surface area (Å²) in [6, 6.07) is 14.1. The summed E-state index contributed by atoms with van der Waals surface area (Å²) in [4.78, 5) is 5.12. The van der Waals surface area contributed by atoms with Gasteiger partial charge in [-0.05, 0) is 29.3 Å². The number of hydrogen-bond acceptors (Lipinski definition) is 4. The second kappa shape index (κ2) is 5.72. The summed E-state index contributed by atoms with van der Waals surface area (Å²) in [5.41, 5.74) is 1.68.